The van der Waals surface area contributed by atoms with E-state index in [0.29, 0.717) is 11.5 Å². The molecule has 0 bridgehead atoms. The Morgan fingerprint density at radius 1 is 1.04 bits per heavy atom. The second-order valence-electron chi connectivity index (χ2n) is 4.33. The number of hydrogen-bond donors (Lipinski definition) is 2. The van der Waals surface area contributed by atoms with Crippen molar-refractivity contribution in [3.63, 3.8) is 0 Å². The van der Waals surface area contributed by atoms with Crippen LogP contribution in [0.4, 0.5) is 8.78 Å². The molecule has 0 aliphatic carbocycles. The summed E-state index contributed by atoms with van der Waals surface area (Å²) in [4.78, 5) is 10.1. The molecule has 7 heteroatoms. The Labute approximate surface area is 131 Å². The van der Waals surface area contributed by atoms with Crippen LogP contribution in [0.15, 0.2) is 36.4 Å². The van der Waals surface area contributed by atoms with Crippen LogP contribution >= 0.6 is 0 Å². The molecule has 0 radical (unpaired) electrons. The highest BCUT2D eigenvalue weighted by Crippen LogP contribution is 2.34. The van der Waals surface area contributed by atoms with Gasteiger partial charge < -0.3 is 19.7 Å². The topological polar surface area (TPSA) is 76.0 Å². The minimum absolute atomic E-state index is 0.0394. The van der Waals surface area contributed by atoms with Crippen molar-refractivity contribution in [1.29, 1.82) is 0 Å². The van der Waals surface area contributed by atoms with Gasteiger partial charge in [-0.3, -0.25) is 4.79 Å². The zero-order valence-electron chi connectivity index (χ0n) is 12.5. The van der Waals surface area contributed by atoms with E-state index in [4.69, 9.17) is 14.6 Å². The number of phenols is 1. The van der Waals surface area contributed by atoms with E-state index in [-0.39, 0.29) is 17.7 Å². The first kappa shape index (κ1) is 18.2. The average molecular weight is 326 g/mol. The van der Waals surface area contributed by atoms with Gasteiger partial charge in [0.25, 0.3) is 0 Å². The normalized spacial score (nSPS) is 9.57. The molecule has 0 saturated heterocycles. The molecule has 0 aliphatic heterocycles. The number of aromatic hydroxyl groups is 1. The molecule has 0 amide bonds. The second-order valence-corrected chi connectivity index (χ2v) is 4.33. The number of hydrogen-bond acceptors (Lipinski definition) is 4. The fraction of sp³-hybridized carbons (Fsp3) is 0.188. The van der Waals surface area contributed by atoms with Crippen molar-refractivity contribution < 1.29 is 33.3 Å². The summed E-state index contributed by atoms with van der Waals surface area (Å²) in [5.74, 6) is -2.18. The van der Waals surface area contributed by atoms with Gasteiger partial charge in [0.2, 0.25) is 5.75 Å². The van der Waals surface area contributed by atoms with Gasteiger partial charge in [0.05, 0.1) is 20.6 Å². The van der Waals surface area contributed by atoms with Crippen LogP contribution in [0.1, 0.15) is 5.56 Å². The van der Waals surface area contributed by atoms with E-state index in [2.05, 4.69) is 0 Å². The lowest BCUT2D eigenvalue weighted by molar-refractivity contribution is -0.136. The van der Waals surface area contributed by atoms with Gasteiger partial charge in [0.1, 0.15) is 0 Å². The Bertz CT molecular complexity index is 651. The third-order valence-corrected chi connectivity index (χ3v) is 2.74. The molecule has 5 nitrogen and oxygen atoms in total. The van der Waals surface area contributed by atoms with Crippen LogP contribution in [0.3, 0.4) is 0 Å². The van der Waals surface area contributed by atoms with Gasteiger partial charge in [0.15, 0.2) is 23.1 Å². The number of methoxy groups -OCH3 is 2. The van der Waals surface area contributed by atoms with Crippen molar-refractivity contribution in [3.05, 3.63) is 53.6 Å². The van der Waals surface area contributed by atoms with Crippen molar-refractivity contribution >= 4 is 5.97 Å². The van der Waals surface area contributed by atoms with Crippen LogP contribution in [0.25, 0.3) is 0 Å². The van der Waals surface area contributed by atoms with E-state index in [0.717, 1.165) is 12.1 Å². The van der Waals surface area contributed by atoms with Gasteiger partial charge in [0, 0.05) is 0 Å². The van der Waals surface area contributed by atoms with Gasteiger partial charge in [-0.25, -0.2) is 8.78 Å². The summed E-state index contributed by atoms with van der Waals surface area (Å²) in [6.45, 7) is 0. The molecule has 0 aliphatic rings. The Kier molecular flexibility index (Phi) is 6.79. The van der Waals surface area contributed by atoms with Crippen LogP contribution in [0, 0.1) is 11.6 Å². The standard InChI is InChI=1S/C8H6F2O2.C8H10O3/c9-6-2-1-5(3-7(6)10)4-8(11)12;1-10-6-4-3-5-7(11-2)8(6)9/h1-3H,4H2,(H,11,12);3-5,9H,1-2H3. The van der Waals surface area contributed by atoms with E-state index in [9.17, 15) is 18.7 Å². The number of aliphatic carboxylic acids is 1. The summed E-state index contributed by atoms with van der Waals surface area (Å²) in [7, 11) is 2.99. The third kappa shape index (κ3) is 5.46. The van der Waals surface area contributed by atoms with Crippen molar-refractivity contribution in [2.24, 2.45) is 0 Å². The molecule has 0 atom stereocenters. The summed E-state index contributed by atoms with van der Waals surface area (Å²) >= 11 is 0. The zero-order chi connectivity index (χ0) is 17.4. The predicted octanol–water partition coefficient (Wildman–Crippen LogP) is 3.00. The molecule has 0 heterocycles. The summed E-state index contributed by atoms with van der Waals surface area (Å²) < 4.78 is 34.5. The molecule has 0 aromatic heterocycles. The highest BCUT2D eigenvalue weighted by Gasteiger charge is 2.06. The minimum atomic E-state index is -1.07. The van der Waals surface area contributed by atoms with Gasteiger partial charge >= 0.3 is 5.97 Å². The molecule has 0 fully saturated rings. The molecule has 2 N–H and O–H groups in total. The van der Waals surface area contributed by atoms with Gasteiger partial charge in [-0.05, 0) is 29.8 Å². The number of carbonyl (C=O) groups is 1. The van der Waals surface area contributed by atoms with Crippen molar-refractivity contribution in [3.8, 4) is 17.2 Å². The lowest BCUT2D eigenvalue weighted by atomic mass is 10.1. The highest BCUT2D eigenvalue weighted by atomic mass is 19.2. The lowest BCUT2D eigenvalue weighted by Gasteiger charge is -2.06. The number of carboxylic acids is 1. The number of ether oxygens (including phenoxy) is 2. The number of rotatable bonds is 4. The van der Waals surface area contributed by atoms with E-state index in [1.54, 1.807) is 18.2 Å². The van der Waals surface area contributed by atoms with Crippen molar-refractivity contribution in [2.75, 3.05) is 14.2 Å². The van der Waals surface area contributed by atoms with Crippen LogP contribution in [-0.2, 0) is 11.2 Å². The van der Waals surface area contributed by atoms with Crippen LogP contribution in [0.2, 0.25) is 0 Å². The van der Waals surface area contributed by atoms with Gasteiger partial charge in [-0.15, -0.1) is 0 Å². The Hall–Kier alpha value is -2.83. The summed E-state index contributed by atoms with van der Waals surface area (Å²) in [6.07, 6.45) is -0.294. The first-order valence-electron chi connectivity index (χ1n) is 6.44. The number of phenolic OH excluding ortho intramolecular Hbond substituents is 1. The molecule has 0 saturated carbocycles. The smallest absolute Gasteiger partial charge is 0.307 e. The SMILES string of the molecule is COc1cccc(OC)c1O.O=C(O)Cc1ccc(F)c(F)c1. The maximum atomic E-state index is 12.5. The Balaban J connectivity index is 0.000000231. The molecule has 0 spiro atoms. The van der Waals surface area contributed by atoms with E-state index < -0.39 is 17.6 Å². The van der Waals surface area contributed by atoms with Crippen molar-refractivity contribution in [2.45, 2.75) is 6.42 Å². The van der Waals surface area contributed by atoms with E-state index >= 15 is 0 Å². The molecule has 2 rings (SSSR count). The first-order valence-corrected chi connectivity index (χ1v) is 6.44. The third-order valence-electron chi connectivity index (χ3n) is 2.74. The maximum absolute atomic E-state index is 12.5. The lowest BCUT2D eigenvalue weighted by Crippen LogP contribution is -2.00. The molecular weight excluding hydrogens is 310 g/mol. The predicted molar refractivity (Wildman–Crippen MR) is 78.9 cm³/mol. The van der Waals surface area contributed by atoms with Crippen LogP contribution < -0.4 is 9.47 Å². The number of benzene rings is 2. The number of halogens is 2. The largest absolute Gasteiger partial charge is 0.502 e. The summed E-state index contributed by atoms with van der Waals surface area (Å²) in [5.41, 5.74) is 0.251. The molecular formula is C16H16F2O5. The molecule has 2 aromatic rings. The summed E-state index contributed by atoms with van der Waals surface area (Å²) in [6, 6.07) is 8.11. The zero-order valence-corrected chi connectivity index (χ0v) is 12.5. The molecule has 0 unspecified atom stereocenters. The fourth-order valence-electron chi connectivity index (χ4n) is 1.66. The van der Waals surface area contributed by atoms with Crippen LogP contribution in [-0.4, -0.2) is 30.4 Å². The minimum Gasteiger partial charge on any atom is -0.502 e. The number of carboxylic acid groups (broad SMARTS) is 1. The molecule has 2 aromatic carbocycles. The van der Waals surface area contributed by atoms with Crippen LogP contribution in [0.5, 0.6) is 17.2 Å². The van der Waals surface area contributed by atoms with Gasteiger partial charge in [-0.2, -0.15) is 0 Å². The van der Waals surface area contributed by atoms with Crippen molar-refractivity contribution in [1.82, 2.24) is 0 Å². The Morgan fingerprint density at radius 2 is 1.61 bits per heavy atom. The molecule has 124 valence electrons. The van der Waals surface area contributed by atoms with Gasteiger partial charge in [-0.1, -0.05) is 12.1 Å². The number of para-hydroxylation sites is 1. The van der Waals surface area contributed by atoms with E-state index in [1.165, 1.54) is 20.3 Å². The first-order chi connectivity index (χ1) is 10.9. The quantitative estimate of drug-likeness (QED) is 0.903. The summed E-state index contributed by atoms with van der Waals surface area (Å²) in [5, 5.41) is 17.6. The second kappa shape index (κ2) is 8.57. The fourth-order valence-corrected chi connectivity index (χ4v) is 1.66. The monoisotopic (exact) mass is 326 g/mol. The maximum Gasteiger partial charge on any atom is 0.307 e. The Morgan fingerprint density at radius 3 is 2.04 bits per heavy atom. The van der Waals surface area contributed by atoms with E-state index in [1.807, 2.05) is 0 Å². The molecule has 23 heavy (non-hydrogen) atoms. The highest BCUT2D eigenvalue weighted by molar-refractivity contribution is 5.70. The average Bonchev–Trinajstić information content (AvgIpc) is 2.51.